The second kappa shape index (κ2) is 3.52. The zero-order valence-corrected chi connectivity index (χ0v) is 9.81. The number of fused-ring (bicyclic) bond motifs is 1. The highest BCUT2D eigenvalue weighted by atomic mass is 19.3. The van der Waals surface area contributed by atoms with Crippen molar-refractivity contribution in [3.63, 3.8) is 0 Å². The largest absolute Gasteiger partial charge is 0.330 e. The van der Waals surface area contributed by atoms with Crippen LogP contribution < -0.4 is 5.73 Å². The summed E-state index contributed by atoms with van der Waals surface area (Å²) in [4.78, 5) is 0. The van der Waals surface area contributed by atoms with Crippen LogP contribution in [-0.2, 0) is 18.3 Å². The van der Waals surface area contributed by atoms with Crippen molar-refractivity contribution in [2.24, 2.45) is 5.73 Å². The van der Waals surface area contributed by atoms with Crippen molar-refractivity contribution in [2.75, 3.05) is 6.54 Å². The normalized spacial score (nSPS) is 24.2. The molecule has 1 saturated carbocycles. The van der Waals surface area contributed by atoms with Gasteiger partial charge in [0, 0.05) is 24.8 Å². The van der Waals surface area contributed by atoms with E-state index in [0.717, 1.165) is 24.8 Å². The summed E-state index contributed by atoms with van der Waals surface area (Å²) in [5.41, 5.74) is 9.06. The van der Waals surface area contributed by atoms with Crippen molar-refractivity contribution >= 4 is 0 Å². The van der Waals surface area contributed by atoms with E-state index in [2.05, 4.69) is 6.07 Å². The van der Waals surface area contributed by atoms with Crippen molar-refractivity contribution in [3.05, 3.63) is 34.9 Å². The summed E-state index contributed by atoms with van der Waals surface area (Å²) in [5.74, 6) is -2.51. The van der Waals surface area contributed by atoms with E-state index in [1.54, 1.807) is 0 Å². The third-order valence-electron chi connectivity index (χ3n) is 4.30. The smallest absolute Gasteiger partial charge is 0.250 e. The molecular formula is C14H17F2N. The number of rotatable bonds is 2. The zero-order chi connectivity index (χ0) is 12.1. The third kappa shape index (κ3) is 1.60. The molecule has 1 aromatic rings. The SMILES string of the molecule is NCC1(c2cccc3c2CCC3)CC(F)(F)C1. The van der Waals surface area contributed by atoms with Crippen molar-refractivity contribution in [1.29, 1.82) is 0 Å². The summed E-state index contributed by atoms with van der Waals surface area (Å²) in [6.45, 7) is 0.332. The standard InChI is InChI=1S/C14H17F2N/c15-14(16)7-13(8-14,9-17)12-6-2-4-10-3-1-5-11(10)12/h2,4,6H,1,3,5,7-9,17H2. The number of hydrogen-bond donors (Lipinski definition) is 1. The predicted octanol–water partition coefficient (Wildman–Crippen LogP) is 2.80. The highest BCUT2D eigenvalue weighted by molar-refractivity contribution is 5.45. The third-order valence-corrected chi connectivity index (χ3v) is 4.30. The van der Waals surface area contributed by atoms with Crippen molar-refractivity contribution in [2.45, 2.75) is 43.4 Å². The molecule has 1 nitrogen and oxygen atoms in total. The van der Waals surface area contributed by atoms with Crippen LogP contribution in [0.15, 0.2) is 18.2 Å². The maximum atomic E-state index is 13.2. The summed E-state index contributed by atoms with van der Waals surface area (Å²) in [6, 6.07) is 6.12. The first-order valence-corrected chi connectivity index (χ1v) is 6.26. The number of nitrogens with two attached hydrogens (primary N) is 1. The molecule has 3 heteroatoms. The molecule has 0 unspecified atom stereocenters. The monoisotopic (exact) mass is 237 g/mol. The van der Waals surface area contributed by atoms with Gasteiger partial charge >= 0.3 is 0 Å². The maximum Gasteiger partial charge on any atom is 0.250 e. The van der Waals surface area contributed by atoms with E-state index in [9.17, 15) is 8.78 Å². The molecule has 1 aromatic carbocycles. The van der Waals surface area contributed by atoms with Gasteiger partial charge in [-0.15, -0.1) is 0 Å². The Morgan fingerprint density at radius 1 is 1.18 bits per heavy atom. The summed E-state index contributed by atoms with van der Waals surface area (Å²) in [7, 11) is 0. The van der Waals surface area contributed by atoms with Crippen LogP contribution in [-0.4, -0.2) is 12.5 Å². The van der Waals surface area contributed by atoms with E-state index >= 15 is 0 Å². The van der Waals surface area contributed by atoms with Crippen molar-refractivity contribution < 1.29 is 8.78 Å². The Bertz CT molecular complexity index is 446. The van der Waals surface area contributed by atoms with Gasteiger partial charge in [0.15, 0.2) is 0 Å². The number of benzene rings is 1. The molecule has 0 bridgehead atoms. The first-order valence-electron chi connectivity index (χ1n) is 6.26. The van der Waals surface area contributed by atoms with Crippen LogP contribution in [0.2, 0.25) is 0 Å². The molecule has 0 atom stereocenters. The lowest BCUT2D eigenvalue weighted by Crippen LogP contribution is -2.54. The van der Waals surface area contributed by atoms with Gasteiger partial charge < -0.3 is 5.73 Å². The number of aryl methyl sites for hydroxylation is 1. The second-order valence-corrected chi connectivity index (χ2v) is 5.49. The Morgan fingerprint density at radius 2 is 1.94 bits per heavy atom. The van der Waals surface area contributed by atoms with Crippen molar-refractivity contribution in [3.8, 4) is 0 Å². The van der Waals surface area contributed by atoms with Gasteiger partial charge in [0.25, 0.3) is 0 Å². The van der Waals surface area contributed by atoms with E-state index in [1.807, 2.05) is 12.1 Å². The summed E-state index contributed by atoms with van der Waals surface area (Å²) < 4.78 is 26.4. The van der Waals surface area contributed by atoms with Gasteiger partial charge in [-0.3, -0.25) is 0 Å². The van der Waals surface area contributed by atoms with E-state index in [0.29, 0.717) is 6.54 Å². The molecule has 2 aliphatic carbocycles. The Hall–Kier alpha value is -0.960. The van der Waals surface area contributed by atoms with Gasteiger partial charge in [-0.25, -0.2) is 8.78 Å². The molecule has 0 amide bonds. The molecule has 0 heterocycles. The van der Waals surface area contributed by atoms with Crippen LogP contribution in [0.25, 0.3) is 0 Å². The summed E-state index contributed by atoms with van der Waals surface area (Å²) in [5, 5.41) is 0. The second-order valence-electron chi connectivity index (χ2n) is 5.49. The molecule has 0 spiro atoms. The molecule has 0 saturated heterocycles. The first-order chi connectivity index (χ1) is 8.06. The van der Waals surface area contributed by atoms with Crippen molar-refractivity contribution in [1.82, 2.24) is 0 Å². The fraction of sp³-hybridized carbons (Fsp3) is 0.571. The van der Waals surface area contributed by atoms with Gasteiger partial charge in [-0.1, -0.05) is 18.2 Å². The molecule has 3 rings (SSSR count). The Labute approximate surface area is 100 Å². The molecule has 1 fully saturated rings. The lowest BCUT2D eigenvalue weighted by atomic mass is 9.61. The molecular weight excluding hydrogens is 220 g/mol. The fourth-order valence-corrected chi connectivity index (χ4v) is 3.50. The highest BCUT2D eigenvalue weighted by Gasteiger charge is 2.57. The van der Waals surface area contributed by atoms with Crippen LogP contribution in [0.5, 0.6) is 0 Å². The van der Waals surface area contributed by atoms with Gasteiger partial charge in [-0.2, -0.15) is 0 Å². The Morgan fingerprint density at radius 3 is 2.59 bits per heavy atom. The molecule has 0 aromatic heterocycles. The lowest BCUT2D eigenvalue weighted by molar-refractivity contribution is -0.124. The number of alkyl halides is 2. The lowest BCUT2D eigenvalue weighted by Gasteiger charge is -2.48. The van der Waals surface area contributed by atoms with Crippen LogP contribution >= 0.6 is 0 Å². The Kier molecular flexibility index (Phi) is 2.31. The minimum atomic E-state index is -2.51. The van der Waals surface area contributed by atoms with Crippen LogP contribution in [0.1, 0.15) is 36.0 Å². The minimum absolute atomic E-state index is 0.0764. The van der Waals surface area contributed by atoms with E-state index in [1.165, 1.54) is 11.1 Å². The average Bonchev–Trinajstić information content (AvgIpc) is 2.72. The molecule has 2 aliphatic rings. The molecule has 0 radical (unpaired) electrons. The van der Waals surface area contributed by atoms with E-state index in [-0.39, 0.29) is 12.8 Å². The molecule has 17 heavy (non-hydrogen) atoms. The van der Waals surface area contributed by atoms with E-state index < -0.39 is 11.3 Å². The van der Waals surface area contributed by atoms with Gasteiger partial charge in [0.05, 0.1) is 0 Å². The van der Waals surface area contributed by atoms with Crippen LogP contribution in [0.4, 0.5) is 8.78 Å². The average molecular weight is 237 g/mol. The Balaban J connectivity index is 2.02. The van der Waals surface area contributed by atoms with Crippen LogP contribution in [0.3, 0.4) is 0 Å². The zero-order valence-electron chi connectivity index (χ0n) is 9.81. The predicted molar refractivity (Wildman–Crippen MR) is 63.4 cm³/mol. The maximum absolute atomic E-state index is 13.2. The first kappa shape index (κ1) is 11.1. The molecule has 0 aliphatic heterocycles. The minimum Gasteiger partial charge on any atom is -0.330 e. The van der Waals surface area contributed by atoms with Gasteiger partial charge in [-0.05, 0) is 36.0 Å². The highest BCUT2D eigenvalue weighted by Crippen LogP contribution is 2.54. The number of halogens is 2. The fourth-order valence-electron chi connectivity index (χ4n) is 3.50. The van der Waals surface area contributed by atoms with E-state index in [4.69, 9.17) is 5.73 Å². The molecule has 92 valence electrons. The summed E-state index contributed by atoms with van der Waals surface area (Å²) >= 11 is 0. The quantitative estimate of drug-likeness (QED) is 0.841. The van der Waals surface area contributed by atoms with Crippen LogP contribution in [0, 0.1) is 0 Å². The van der Waals surface area contributed by atoms with Gasteiger partial charge in [0.1, 0.15) is 0 Å². The van der Waals surface area contributed by atoms with Gasteiger partial charge in [0.2, 0.25) is 5.92 Å². The molecule has 2 N–H and O–H groups in total. The topological polar surface area (TPSA) is 26.0 Å². The number of hydrogen-bond acceptors (Lipinski definition) is 1. The summed E-state index contributed by atoms with van der Waals surface area (Å²) in [6.07, 6.45) is 3.10.